The van der Waals surface area contributed by atoms with Gasteiger partial charge in [-0.3, -0.25) is 9.78 Å². The number of halogens is 1. The molecule has 1 fully saturated rings. The second-order valence-electron chi connectivity index (χ2n) is 3.74. The number of carbonyl (C=O) groups excluding carboxylic acids is 1. The maximum atomic E-state index is 13.2. The average molecular weight is 224 g/mol. The van der Waals surface area contributed by atoms with Crippen LogP contribution in [-0.2, 0) is 9.53 Å². The second kappa shape index (κ2) is 5.03. The van der Waals surface area contributed by atoms with Gasteiger partial charge in [0.25, 0.3) is 0 Å². The van der Waals surface area contributed by atoms with Crippen molar-refractivity contribution in [2.75, 3.05) is 11.9 Å². The van der Waals surface area contributed by atoms with E-state index in [9.17, 15) is 9.18 Å². The predicted molar refractivity (Wildman–Crippen MR) is 56.4 cm³/mol. The van der Waals surface area contributed by atoms with E-state index in [1.54, 1.807) is 0 Å². The highest BCUT2D eigenvalue weighted by molar-refractivity contribution is 5.91. The first-order valence-corrected chi connectivity index (χ1v) is 5.26. The lowest BCUT2D eigenvalue weighted by Crippen LogP contribution is -2.19. The van der Waals surface area contributed by atoms with E-state index in [4.69, 9.17) is 4.74 Å². The van der Waals surface area contributed by atoms with Crippen LogP contribution in [0.25, 0.3) is 0 Å². The van der Waals surface area contributed by atoms with Gasteiger partial charge < -0.3 is 10.1 Å². The fraction of sp³-hybridized carbons (Fsp3) is 0.455. The van der Waals surface area contributed by atoms with Crippen molar-refractivity contribution in [1.29, 1.82) is 0 Å². The van der Waals surface area contributed by atoms with Gasteiger partial charge in [-0.2, -0.15) is 0 Å². The molecule has 2 heterocycles. The summed E-state index contributed by atoms with van der Waals surface area (Å²) < 4.78 is 18.5. The lowest BCUT2D eigenvalue weighted by molar-refractivity contribution is -0.118. The van der Waals surface area contributed by atoms with Crippen LogP contribution in [0, 0.1) is 5.82 Å². The van der Waals surface area contributed by atoms with Crippen LogP contribution in [0.2, 0.25) is 0 Å². The van der Waals surface area contributed by atoms with Crippen molar-refractivity contribution in [3.8, 4) is 0 Å². The van der Waals surface area contributed by atoms with Gasteiger partial charge in [0.1, 0.15) is 0 Å². The summed E-state index contributed by atoms with van der Waals surface area (Å²) >= 11 is 0. The van der Waals surface area contributed by atoms with Gasteiger partial charge in [-0.15, -0.1) is 0 Å². The molecule has 0 bridgehead atoms. The predicted octanol–water partition coefficient (Wildman–Crippen LogP) is 1.73. The minimum atomic E-state index is -0.525. The first-order chi connectivity index (χ1) is 7.75. The third-order valence-electron chi connectivity index (χ3n) is 2.48. The molecule has 5 heteroatoms. The van der Waals surface area contributed by atoms with Gasteiger partial charge in [0.15, 0.2) is 5.82 Å². The Morgan fingerprint density at radius 1 is 1.69 bits per heavy atom. The summed E-state index contributed by atoms with van der Waals surface area (Å²) in [5, 5.41) is 2.50. The molecule has 0 aliphatic carbocycles. The number of anilines is 1. The van der Waals surface area contributed by atoms with Crippen molar-refractivity contribution in [1.82, 2.24) is 4.98 Å². The molecule has 0 saturated carbocycles. The Bertz CT molecular complexity index is 378. The Labute approximate surface area is 92.8 Å². The molecule has 0 spiro atoms. The van der Waals surface area contributed by atoms with Gasteiger partial charge in [-0.1, -0.05) is 0 Å². The highest BCUT2D eigenvalue weighted by Gasteiger charge is 2.19. The van der Waals surface area contributed by atoms with Crippen LogP contribution in [0.4, 0.5) is 10.1 Å². The highest BCUT2D eigenvalue weighted by atomic mass is 19.1. The zero-order chi connectivity index (χ0) is 11.4. The summed E-state index contributed by atoms with van der Waals surface area (Å²) in [6, 6.07) is 1.43. The van der Waals surface area contributed by atoms with Crippen LogP contribution in [0.5, 0.6) is 0 Å². The summed E-state index contributed by atoms with van der Waals surface area (Å²) in [7, 11) is 0. The van der Waals surface area contributed by atoms with Gasteiger partial charge >= 0.3 is 0 Å². The number of pyridine rings is 1. The molecule has 1 aromatic rings. The van der Waals surface area contributed by atoms with Gasteiger partial charge in [0.2, 0.25) is 5.91 Å². The van der Waals surface area contributed by atoms with Crippen LogP contribution in [0.3, 0.4) is 0 Å². The van der Waals surface area contributed by atoms with Crippen molar-refractivity contribution in [2.45, 2.75) is 25.4 Å². The average Bonchev–Trinajstić information content (AvgIpc) is 2.74. The maximum absolute atomic E-state index is 13.2. The Hall–Kier alpha value is -1.49. The third kappa shape index (κ3) is 2.76. The van der Waals surface area contributed by atoms with Crippen LogP contribution >= 0.6 is 0 Å². The van der Waals surface area contributed by atoms with Gasteiger partial charge in [0, 0.05) is 12.8 Å². The van der Waals surface area contributed by atoms with Crippen molar-refractivity contribution >= 4 is 11.6 Å². The van der Waals surface area contributed by atoms with Crippen molar-refractivity contribution in [2.24, 2.45) is 0 Å². The summed E-state index contributed by atoms with van der Waals surface area (Å²) in [5.74, 6) is -0.750. The molecule has 86 valence electrons. The van der Waals surface area contributed by atoms with Gasteiger partial charge in [-0.25, -0.2) is 4.39 Å². The van der Waals surface area contributed by atoms with Crippen LogP contribution in [0.1, 0.15) is 19.3 Å². The summed E-state index contributed by atoms with van der Waals surface area (Å²) in [6.07, 6.45) is 4.65. The monoisotopic (exact) mass is 224 g/mol. The Kier molecular flexibility index (Phi) is 3.46. The van der Waals surface area contributed by atoms with Crippen molar-refractivity contribution < 1.29 is 13.9 Å². The topological polar surface area (TPSA) is 51.2 Å². The maximum Gasteiger partial charge on any atom is 0.227 e. The van der Waals surface area contributed by atoms with Gasteiger partial charge in [-0.05, 0) is 18.9 Å². The quantitative estimate of drug-likeness (QED) is 0.850. The van der Waals surface area contributed by atoms with Crippen LogP contribution < -0.4 is 5.32 Å². The second-order valence-corrected chi connectivity index (χ2v) is 3.74. The minimum absolute atomic E-state index is 0.0232. The molecular weight excluding hydrogens is 211 g/mol. The Morgan fingerprint density at radius 2 is 2.56 bits per heavy atom. The smallest absolute Gasteiger partial charge is 0.227 e. The molecule has 4 nitrogen and oxygen atoms in total. The highest BCUT2D eigenvalue weighted by Crippen LogP contribution is 2.17. The number of carbonyl (C=O) groups is 1. The minimum Gasteiger partial charge on any atom is -0.378 e. The standard InChI is InChI=1S/C11H13FN2O2/c12-9-7-13-4-3-10(9)14-11(15)6-8-2-1-5-16-8/h3-4,7-8H,1-2,5-6H2,(H,13,14,15)/t8-/m1/s1. The summed E-state index contributed by atoms with van der Waals surface area (Å²) in [5.41, 5.74) is 0.165. The Balaban J connectivity index is 1.89. The van der Waals surface area contributed by atoms with Crippen LogP contribution in [0.15, 0.2) is 18.5 Å². The number of rotatable bonds is 3. The fourth-order valence-corrected chi connectivity index (χ4v) is 1.69. The molecule has 0 aromatic carbocycles. The number of hydrogen-bond donors (Lipinski definition) is 1. The summed E-state index contributed by atoms with van der Waals surface area (Å²) in [4.78, 5) is 15.1. The zero-order valence-corrected chi connectivity index (χ0v) is 8.78. The normalized spacial score (nSPS) is 19.7. The number of amides is 1. The molecule has 16 heavy (non-hydrogen) atoms. The zero-order valence-electron chi connectivity index (χ0n) is 8.78. The first kappa shape index (κ1) is 11.0. The lowest BCUT2D eigenvalue weighted by atomic mass is 10.2. The summed E-state index contributed by atoms with van der Waals surface area (Å²) in [6.45, 7) is 0.710. The molecule has 1 atom stereocenters. The van der Waals surface area contributed by atoms with E-state index in [0.29, 0.717) is 6.61 Å². The third-order valence-corrected chi connectivity index (χ3v) is 2.48. The van der Waals surface area contributed by atoms with E-state index < -0.39 is 5.82 Å². The number of nitrogens with one attached hydrogen (secondary N) is 1. The van der Waals surface area contributed by atoms with E-state index in [1.807, 2.05) is 0 Å². The lowest BCUT2D eigenvalue weighted by Gasteiger charge is -2.09. The molecule has 0 radical (unpaired) electrons. The van der Waals surface area contributed by atoms with E-state index in [0.717, 1.165) is 19.0 Å². The molecular formula is C11H13FN2O2. The van der Waals surface area contributed by atoms with Crippen molar-refractivity contribution in [3.63, 3.8) is 0 Å². The molecule has 1 amide bonds. The molecule has 1 N–H and O–H groups in total. The van der Waals surface area contributed by atoms with E-state index >= 15 is 0 Å². The molecule has 1 saturated heterocycles. The van der Waals surface area contributed by atoms with E-state index in [2.05, 4.69) is 10.3 Å². The SMILES string of the molecule is O=C(C[C@H]1CCCO1)Nc1ccncc1F. The van der Waals surface area contributed by atoms with Crippen LogP contribution in [-0.4, -0.2) is 23.6 Å². The first-order valence-electron chi connectivity index (χ1n) is 5.26. The molecule has 1 aliphatic heterocycles. The molecule has 2 rings (SSSR count). The number of nitrogens with zero attached hydrogens (tertiary/aromatic N) is 1. The number of aromatic nitrogens is 1. The molecule has 1 aromatic heterocycles. The number of ether oxygens (including phenoxy) is 1. The molecule has 0 unspecified atom stereocenters. The fourth-order valence-electron chi connectivity index (χ4n) is 1.69. The number of hydrogen-bond acceptors (Lipinski definition) is 3. The van der Waals surface area contributed by atoms with Crippen molar-refractivity contribution in [3.05, 3.63) is 24.3 Å². The Morgan fingerprint density at radius 3 is 3.25 bits per heavy atom. The molecule has 1 aliphatic rings. The largest absolute Gasteiger partial charge is 0.378 e. The van der Waals surface area contributed by atoms with E-state index in [1.165, 1.54) is 12.3 Å². The van der Waals surface area contributed by atoms with E-state index in [-0.39, 0.29) is 24.1 Å². The van der Waals surface area contributed by atoms with Gasteiger partial charge in [0.05, 0.1) is 24.4 Å².